The lowest BCUT2D eigenvalue weighted by Crippen LogP contribution is -2.47. The molecule has 1 aliphatic rings. The molecule has 3 aromatic carbocycles. The third kappa shape index (κ3) is 8.37. The second-order valence-corrected chi connectivity index (χ2v) is 9.23. The number of carbonyl (C=O) groups is 2. The molecule has 0 bridgehead atoms. The van der Waals surface area contributed by atoms with Gasteiger partial charge in [-0.3, -0.25) is 9.88 Å². The molecule has 2 N–H and O–H groups in total. The Hall–Kier alpha value is -4.76. The molecule has 1 saturated heterocycles. The summed E-state index contributed by atoms with van der Waals surface area (Å²) in [5.74, 6) is -1.53. The first kappa shape index (κ1) is 28.3. The van der Waals surface area contributed by atoms with Crippen LogP contribution in [0.15, 0.2) is 103 Å². The average molecular weight is 540 g/mol. The van der Waals surface area contributed by atoms with Gasteiger partial charge in [-0.2, -0.15) is 0 Å². The molecule has 0 aliphatic carbocycles. The summed E-state index contributed by atoms with van der Waals surface area (Å²) in [7, 11) is 0. The topological polar surface area (TPSA) is 110 Å². The number of rotatable bonds is 9. The van der Waals surface area contributed by atoms with Gasteiger partial charge in [0.15, 0.2) is 0 Å². The van der Waals surface area contributed by atoms with Crippen molar-refractivity contribution < 1.29 is 19.8 Å². The zero-order valence-electron chi connectivity index (χ0n) is 22.2. The van der Waals surface area contributed by atoms with Crippen molar-refractivity contribution in [2.75, 3.05) is 49.1 Å². The predicted octanol–water partition coefficient (Wildman–Crippen LogP) is 4.69. The van der Waals surface area contributed by atoms with E-state index in [0.29, 0.717) is 12.2 Å². The number of anilines is 3. The van der Waals surface area contributed by atoms with Crippen LogP contribution in [-0.4, -0.2) is 76.3 Å². The molecule has 9 nitrogen and oxygen atoms in total. The molecule has 0 spiro atoms. The van der Waals surface area contributed by atoms with Gasteiger partial charge in [0.05, 0.1) is 17.2 Å². The van der Waals surface area contributed by atoms with Crippen molar-refractivity contribution in [2.45, 2.75) is 6.42 Å². The highest BCUT2D eigenvalue weighted by Crippen LogP contribution is 2.25. The first-order valence-corrected chi connectivity index (χ1v) is 13.2. The highest BCUT2D eigenvalue weighted by Gasteiger charge is 2.19. The van der Waals surface area contributed by atoms with E-state index in [1.54, 1.807) is 0 Å². The highest BCUT2D eigenvalue weighted by atomic mass is 16.4. The third-order valence-electron chi connectivity index (χ3n) is 6.49. The number of piperazine rings is 1. The number of benzene rings is 3. The lowest BCUT2D eigenvalue weighted by Gasteiger charge is -2.35. The molecule has 40 heavy (non-hydrogen) atoms. The number of nitrogens with zero attached hydrogens (tertiary/aromatic N) is 5. The quantitative estimate of drug-likeness (QED) is 0.293. The second kappa shape index (κ2) is 14.4. The van der Waals surface area contributed by atoms with Gasteiger partial charge in [0.25, 0.3) is 0 Å². The van der Waals surface area contributed by atoms with Crippen molar-refractivity contribution in [3.8, 4) is 0 Å². The first-order valence-electron chi connectivity index (χ1n) is 13.2. The summed E-state index contributed by atoms with van der Waals surface area (Å²) in [5, 5.41) is 15.6. The monoisotopic (exact) mass is 539 g/mol. The van der Waals surface area contributed by atoms with Gasteiger partial charge in [0.1, 0.15) is 5.82 Å². The van der Waals surface area contributed by atoms with E-state index >= 15 is 0 Å². The molecule has 0 saturated carbocycles. The Morgan fingerprint density at radius 1 is 0.750 bits per heavy atom. The summed E-state index contributed by atoms with van der Waals surface area (Å²) in [6.07, 6.45) is 4.15. The van der Waals surface area contributed by atoms with Gasteiger partial charge >= 0.3 is 11.9 Å². The van der Waals surface area contributed by atoms with Crippen molar-refractivity contribution in [1.82, 2.24) is 14.9 Å². The molecule has 5 rings (SSSR count). The number of carboxylic acids is 2. The summed E-state index contributed by atoms with van der Waals surface area (Å²) >= 11 is 0. The Kier molecular flexibility index (Phi) is 10.2. The zero-order valence-corrected chi connectivity index (χ0v) is 22.2. The number of hydrogen-bond acceptors (Lipinski definition) is 7. The standard InChI is InChI=1S/C27H29N5.C4H4O4/c1-3-10-23(11-4-1)32(24-12-5-2-6-13-24)17-9-16-30-18-20-31(21-19-30)27-22-28-25-14-7-8-15-26(25)29-27;5-3(6)1-2-4(7)8/h1-8,10-15,22H,9,16-21H2;1-2H,(H,5,6)(H,7,8)/b;2-1+. The Morgan fingerprint density at radius 2 is 1.27 bits per heavy atom. The average Bonchev–Trinajstić information content (AvgIpc) is 2.99. The van der Waals surface area contributed by atoms with Crippen LogP contribution in [0.5, 0.6) is 0 Å². The minimum atomic E-state index is -1.26. The van der Waals surface area contributed by atoms with Crippen LogP contribution in [0.1, 0.15) is 6.42 Å². The minimum Gasteiger partial charge on any atom is -0.478 e. The van der Waals surface area contributed by atoms with E-state index in [4.69, 9.17) is 15.2 Å². The van der Waals surface area contributed by atoms with Crippen LogP contribution in [0.25, 0.3) is 11.0 Å². The van der Waals surface area contributed by atoms with Gasteiger partial charge in [0.2, 0.25) is 0 Å². The summed E-state index contributed by atoms with van der Waals surface area (Å²) in [5.41, 5.74) is 4.42. The van der Waals surface area contributed by atoms with Crippen LogP contribution in [0.3, 0.4) is 0 Å². The van der Waals surface area contributed by atoms with Crippen molar-refractivity contribution in [2.24, 2.45) is 0 Å². The van der Waals surface area contributed by atoms with E-state index in [9.17, 15) is 9.59 Å². The van der Waals surface area contributed by atoms with Crippen LogP contribution in [0.4, 0.5) is 17.2 Å². The van der Waals surface area contributed by atoms with Gasteiger partial charge in [-0.05, 0) is 49.4 Å². The van der Waals surface area contributed by atoms with Crippen LogP contribution in [0.2, 0.25) is 0 Å². The van der Waals surface area contributed by atoms with Crippen LogP contribution in [-0.2, 0) is 9.59 Å². The molecule has 206 valence electrons. The lowest BCUT2D eigenvalue weighted by atomic mass is 10.2. The third-order valence-corrected chi connectivity index (χ3v) is 6.49. The minimum absolute atomic E-state index is 0.558. The van der Waals surface area contributed by atoms with Gasteiger partial charge in [-0.1, -0.05) is 48.5 Å². The van der Waals surface area contributed by atoms with Crippen molar-refractivity contribution in [1.29, 1.82) is 0 Å². The summed E-state index contributed by atoms with van der Waals surface area (Å²) < 4.78 is 0. The fraction of sp³-hybridized carbons (Fsp3) is 0.226. The summed E-state index contributed by atoms with van der Waals surface area (Å²) in [6.45, 7) is 6.22. The number of aliphatic carboxylic acids is 2. The van der Waals surface area contributed by atoms with E-state index in [1.165, 1.54) is 11.4 Å². The molecular weight excluding hydrogens is 506 g/mol. The summed E-state index contributed by atoms with van der Waals surface area (Å²) in [6, 6.07) is 29.4. The number of carboxylic acid groups (broad SMARTS) is 2. The normalized spacial score (nSPS) is 13.6. The number of aromatic nitrogens is 2. The Morgan fingerprint density at radius 3 is 1.82 bits per heavy atom. The van der Waals surface area contributed by atoms with Crippen LogP contribution < -0.4 is 9.80 Å². The lowest BCUT2D eigenvalue weighted by molar-refractivity contribution is -0.134. The predicted molar refractivity (Wildman–Crippen MR) is 157 cm³/mol. The van der Waals surface area contributed by atoms with Gasteiger partial charge in [0, 0.05) is 56.3 Å². The molecule has 1 fully saturated rings. The fourth-order valence-corrected chi connectivity index (χ4v) is 4.52. The maximum Gasteiger partial charge on any atom is 0.328 e. The Labute approximate surface area is 233 Å². The van der Waals surface area contributed by atoms with Crippen LogP contribution >= 0.6 is 0 Å². The molecule has 2 heterocycles. The molecular formula is C31H33N5O4. The van der Waals surface area contributed by atoms with E-state index in [2.05, 4.69) is 80.3 Å². The number of hydrogen-bond donors (Lipinski definition) is 2. The number of fused-ring (bicyclic) bond motifs is 1. The van der Waals surface area contributed by atoms with Crippen molar-refractivity contribution in [3.05, 3.63) is 103 Å². The van der Waals surface area contributed by atoms with Gasteiger partial charge in [-0.25, -0.2) is 14.6 Å². The van der Waals surface area contributed by atoms with Crippen molar-refractivity contribution >= 4 is 40.2 Å². The Balaban J connectivity index is 0.000000406. The molecule has 4 aromatic rings. The summed E-state index contributed by atoms with van der Waals surface area (Å²) in [4.78, 5) is 35.8. The Bertz CT molecular complexity index is 1350. The fourth-order valence-electron chi connectivity index (χ4n) is 4.52. The van der Waals surface area contributed by atoms with Gasteiger partial charge in [-0.15, -0.1) is 0 Å². The van der Waals surface area contributed by atoms with E-state index in [0.717, 1.165) is 62.5 Å². The maximum absolute atomic E-state index is 9.55. The number of para-hydroxylation sites is 4. The highest BCUT2D eigenvalue weighted by molar-refractivity contribution is 5.89. The molecule has 0 unspecified atom stereocenters. The van der Waals surface area contributed by atoms with E-state index in [-0.39, 0.29) is 0 Å². The molecule has 1 aliphatic heterocycles. The SMILES string of the molecule is O=C(O)/C=C/C(=O)O.c1ccc(N(CCCN2CCN(c3cnc4ccccc4n3)CC2)c2ccccc2)cc1. The van der Waals surface area contributed by atoms with E-state index < -0.39 is 11.9 Å². The van der Waals surface area contributed by atoms with Gasteiger partial charge < -0.3 is 20.0 Å². The maximum atomic E-state index is 9.55. The van der Waals surface area contributed by atoms with Crippen molar-refractivity contribution in [3.63, 3.8) is 0 Å². The second-order valence-electron chi connectivity index (χ2n) is 9.23. The molecule has 0 radical (unpaired) electrons. The largest absolute Gasteiger partial charge is 0.478 e. The first-order chi connectivity index (χ1) is 19.5. The van der Waals surface area contributed by atoms with E-state index in [1.807, 2.05) is 30.5 Å². The molecule has 0 atom stereocenters. The molecule has 1 aromatic heterocycles. The molecule has 0 amide bonds. The van der Waals surface area contributed by atoms with Crippen LogP contribution in [0, 0.1) is 0 Å². The zero-order chi connectivity index (χ0) is 28.2. The smallest absolute Gasteiger partial charge is 0.328 e. The molecule has 9 heteroatoms.